The van der Waals surface area contributed by atoms with Crippen molar-refractivity contribution in [1.29, 1.82) is 0 Å². The van der Waals surface area contributed by atoms with Crippen molar-refractivity contribution in [3.63, 3.8) is 0 Å². The maximum atomic E-state index is 10.7. The molecule has 1 amide bonds. The number of carbonyl (C=O) groups excluding carboxylic acids is 1. The van der Waals surface area contributed by atoms with Crippen LogP contribution in [0.5, 0.6) is 0 Å². The van der Waals surface area contributed by atoms with Crippen LogP contribution in [0, 0.1) is 0 Å². The lowest BCUT2D eigenvalue weighted by Gasteiger charge is -2.33. The zero-order valence-corrected chi connectivity index (χ0v) is 11.5. The van der Waals surface area contributed by atoms with E-state index in [1.807, 2.05) is 0 Å². The van der Waals surface area contributed by atoms with Crippen LogP contribution in [0.4, 0.5) is 0 Å². The molecule has 0 aromatic rings. The molecule has 1 aliphatic carbocycles. The maximum absolute atomic E-state index is 10.7. The molecule has 0 radical (unpaired) electrons. The zero-order chi connectivity index (χ0) is 12.8. The van der Waals surface area contributed by atoms with Crippen LogP contribution >= 0.6 is 0 Å². The van der Waals surface area contributed by atoms with Crippen LogP contribution in [0.25, 0.3) is 0 Å². The molecule has 0 aromatic carbocycles. The fourth-order valence-electron chi connectivity index (χ4n) is 3.19. The average molecular weight is 254 g/mol. The molecule has 0 aromatic heterocycles. The summed E-state index contributed by atoms with van der Waals surface area (Å²) < 4.78 is 6.27. The van der Waals surface area contributed by atoms with Crippen molar-refractivity contribution in [2.75, 3.05) is 19.6 Å². The van der Waals surface area contributed by atoms with Crippen LogP contribution in [0.15, 0.2) is 0 Å². The molecular formula is C14H26N2O2. The van der Waals surface area contributed by atoms with Gasteiger partial charge in [0.1, 0.15) is 0 Å². The Bertz CT molecular complexity index is 275. The van der Waals surface area contributed by atoms with E-state index in [4.69, 9.17) is 4.74 Å². The number of ether oxygens (including phenoxy) is 1. The van der Waals surface area contributed by atoms with E-state index >= 15 is 0 Å². The van der Waals surface area contributed by atoms with Crippen molar-refractivity contribution in [2.24, 2.45) is 0 Å². The SMILES string of the molecule is CC(=O)NCCNCC1CCC2(CCCCC2)O1. The fourth-order valence-corrected chi connectivity index (χ4v) is 3.19. The van der Waals surface area contributed by atoms with Crippen LogP contribution in [0.2, 0.25) is 0 Å². The van der Waals surface area contributed by atoms with E-state index in [1.54, 1.807) is 6.92 Å². The second-order valence-electron chi connectivity index (χ2n) is 5.71. The van der Waals surface area contributed by atoms with Gasteiger partial charge in [0.25, 0.3) is 0 Å². The summed E-state index contributed by atoms with van der Waals surface area (Å²) >= 11 is 0. The summed E-state index contributed by atoms with van der Waals surface area (Å²) in [5, 5.41) is 6.15. The van der Waals surface area contributed by atoms with Crippen LogP contribution in [-0.2, 0) is 9.53 Å². The summed E-state index contributed by atoms with van der Waals surface area (Å²) in [5.41, 5.74) is 0.224. The zero-order valence-electron chi connectivity index (χ0n) is 11.5. The summed E-state index contributed by atoms with van der Waals surface area (Å²) in [4.78, 5) is 10.7. The van der Waals surface area contributed by atoms with E-state index in [0.717, 1.165) is 13.1 Å². The monoisotopic (exact) mass is 254 g/mol. The van der Waals surface area contributed by atoms with Crippen molar-refractivity contribution in [1.82, 2.24) is 10.6 Å². The highest BCUT2D eigenvalue weighted by molar-refractivity contribution is 5.72. The van der Waals surface area contributed by atoms with Gasteiger partial charge in [-0.15, -0.1) is 0 Å². The molecule has 2 rings (SSSR count). The second kappa shape index (κ2) is 6.53. The average Bonchev–Trinajstić information content (AvgIpc) is 2.72. The third kappa shape index (κ3) is 3.95. The Hall–Kier alpha value is -0.610. The Kier molecular flexibility index (Phi) is 5.01. The topological polar surface area (TPSA) is 50.4 Å². The number of amides is 1. The summed E-state index contributed by atoms with van der Waals surface area (Å²) in [6.07, 6.45) is 9.37. The fraction of sp³-hybridized carbons (Fsp3) is 0.929. The number of hydrogen-bond donors (Lipinski definition) is 2. The molecule has 104 valence electrons. The Morgan fingerprint density at radius 1 is 1.22 bits per heavy atom. The van der Waals surface area contributed by atoms with Crippen LogP contribution < -0.4 is 10.6 Å². The predicted molar refractivity (Wildman–Crippen MR) is 71.5 cm³/mol. The van der Waals surface area contributed by atoms with E-state index in [1.165, 1.54) is 44.9 Å². The maximum Gasteiger partial charge on any atom is 0.216 e. The van der Waals surface area contributed by atoms with Crippen molar-refractivity contribution in [3.8, 4) is 0 Å². The lowest BCUT2D eigenvalue weighted by atomic mass is 9.83. The Morgan fingerprint density at radius 2 is 2.00 bits per heavy atom. The van der Waals surface area contributed by atoms with E-state index < -0.39 is 0 Å². The molecule has 0 bridgehead atoms. The molecule has 1 saturated heterocycles. The molecule has 1 heterocycles. The lowest BCUT2D eigenvalue weighted by Crippen LogP contribution is -2.37. The molecular weight excluding hydrogens is 228 g/mol. The van der Waals surface area contributed by atoms with Gasteiger partial charge in [0.05, 0.1) is 11.7 Å². The highest BCUT2D eigenvalue weighted by Gasteiger charge is 2.40. The van der Waals surface area contributed by atoms with Crippen molar-refractivity contribution >= 4 is 5.91 Å². The van der Waals surface area contributed by atoms with Gasteiger partial charge in [-0.1, -0.05) is 19.3 Å². The van der Waals surface area contributed by atoms with Gasteiger partial charge in [0.2, 0.25) is 5.91 Å². The first-order valence-electron chi connectivity index (χ1n) is 7.33. The van der Waals surface area contributed by atoms with E-state index in [2.05, 4.69) is 10.6 Å². The highest BCUT2D eigenvalue weighted by atomic mass is 16.5. The second-order valence-corrected chi connectivity index (χ2v) is 5.71. The third-order valence-corrected chi connectivity index (χ3v) is 4.15. The van der Waals surface area contributed by atoms with Gasteiger partial charge in [-0.25, -0.2) is 0 Å². The molecule has 2 aliphatic rings. The first kappa shape index (κ1) is 13.8. The molecule has 1 aliphatic heterocycles. The largest absolute Gasteiger partial charge is 0.370 e. The van der Waals surface area contributed by atoms with Gasteiger partial charge in [0.15, 0.2) is 0 Å². The van der Waals surface area contributed by atoms with Gasteiger partial charge in [0, 0.05) is 26.6 Å². The Labute approximate surface area is 110 Å². The molecule has 1 unspecified atom stereocenters. The van der Waals surface area contributed by atoms with Crippen molar-refractivity contribution in [2.45, 2.75) is 63.6 Å². The molecule has 18 heavy (non-hydrogen) atoms. The smallest absolute Gasteiger partial charge is 0.216 e. The van der Waals surface area contributed by atoms with Gasteiger partial charge in [-0.3, -0.25) is 4.79 Å². The van der Waals surface area contributed by atoms with Crippen molar-refractivity contribution in [3.05, 3.63) is 0 Å². The summed E-state index contributed by atoms with van der Waals surface area (Å²) in [7, 11) is 0. The number of carbonyl (C=O) groups is 1. The molecule has 1 spiro atoms. The van der Waals surface area contributed by atoms with Crippen molar-refractivity contribution < 1.29 is 9.53 Å². The number of rotatable bonds is 5. The third-order valence-electron chi connectivity index (χ3n) is 4.15. The standard InChI is InChI=1S/C14H26N2O2/c1-12(17)16-10-9-15-11-13-5-8-14(18-13)6-3-2-4-7-14/h13,15H,2-11H2,1H3,(H,16,17). The molecule has 4 nitrogen and oxygen atoms in total. The minimum atomic E-state index is 0.0371. The summed E-state index contributed by atoms with van der Waals surface area (Å²) in [5.74, 6) is 0.0371. The van der Waals surface area contributed by atoms with Gasteiger partial charge in [-0.2, -0.15) is 0 Å². The van der Waals surface area contributed by atoms with Gasteiger partial charge in [-0.05, 0) is 25.7 Å². The first-order chi connectivity index (χ1) is 8.70. The van der Waals surface area contributed by atoms with Crippen LogP contribution in [0.1, 0.15) is 51.9 Å². The molecule has 2 fully saturated rings. The quantitative estimate of drug-likeness (QED) is 0.733. The Balaban J connectivity index is 1.59. The molecule has 1 saturated carbocycles. The minimum absolute atomic E-state index is 0.0371. The highest BCUT2D eigenvalue weighted by Crippen LogP contribution is 2.41. The molecule has 4 heteroatoms. The molecule has 1 atom stereocenters. The lowest BCUT2D eigenvalue weighted by molar-refractivity contribution is -0.118. The summed E-state index contributed by atoms with van der Waals surface area (Å²) in [6, 6.07) is 0. The summed E-state index contributed by atoms with van der Waals surface area (Å²) in [6.45, 7) is 3.99. The van der Waals surface area contributed by atoms with E-state index in [0.29, 0.717) is 12.6 Å². The van der Waals surface area contributed by atoms with Crippen LogP contribution in [0.3, 0.4) is 0 Å². The number of hydrogen-bond acceptors (Lipinski definition) is 3. The van der Waals surface area contributed by atoms with Gasteiger partial charge < -0.3 is 15.4 Å². The first-order valence-corrected chi connectivity index (χ1v) is 7.33. The number of nitrogens with one attached hydrogen (secondary N) is 2. The van der Waals surface area contributed by atoms with E-state index in [-0.39, 0.29) is 11.5 Å². The normalized spacial score (nSPS) is 26.4. The van der Waals surface area contributed by atoms with Crippen LogP contribution in [-0.4, -0.2) is 37.2 Å². The Morgan fingerprint density at radius 3 is 2.72 bits per heavy atom. The predicted octanol–water partition coefficient (Wildman–Crippen LogP) is 1.59. The van der Waals surface area contributed by atoms with E-state index in [9.17, 15) is 4.79 Å². The molecule has 2 N–H and O–H groups in total. The van der Waals surface area contributed by atoms with Gasteiger partial charge >= 0.3 is 0 Å². The minimum Gasteiger partial charge on any atom is -0.370 e.